The summed E-state index contributed by atoms with van der Waals surface area (Å²) >= 11 is 0. The maximum absolute atomic E-state index is 17.6. The van der Waals surface area contributed by atoms with E-state index >= 15 is 4.39 Å². The van der Waals surface area contributed by atoms with Crippen molar-refractivity contribution in [2.24, 2.45) is 7.05 Å². The van der Waals surface area contributed by atoms with Crippen LogP contribution in [0.25, 0.3) is 49.9 Å². The summed E-state index contributed by atoms with van der Waals surface area (Å²) in [6.45, 7) is 0. The van der Waals surface area contributed by atoms with Crippen molar-refractivity contribution in [2.45, 2.75) is 12.1 Å². The minimum absolute atomic E-state index is 0. The fraction of sp³-hybridized carbons (Fsp3) is 0.0526. The van der Waals surface area contributed by atoms with Crippen LogP contribution in [0.5, 0.6) is 0 Å². The van der Waals surface area contributed by atoms with Gasteiger partial charge in [0.25, 0.3) is 0 Å². The van der Waals surface area contributed by atoms with E-state index in [-0.39, 0.29) is 26.3 Å². The Labute approximate surface area is 386 Å². The SMILES string of the molecule is Cn1c(-c2[c-]c(C(F)c3[c-]c4c(cc3)[Si](c3ccccc3)(c3ccccc3)c3cc5c6ccccc6n(-c6ccccc6)c5cc3C4c3ccccn3)ccc2)nc2ccccc21.[Pd+2]. The number of hydrogen-bond acceptors (Lipinski definition) is 2. The topological polar surface area (TPSA) is 35.6 Å². The molecule has 12 rings (SSSR count). The summed E-state index contributed by atoms with van der Waals surface area (Å²) in [6, 6.07) is 77.5. The molecule has 11 aromatic rings. The number of aryl methyl sites for hydroxylation is 1. The van der Waals surface area contributed by atoms with E-state index in [1.165, 1.54) is 31.5 Å². The fourth-order valence-corrected chi connectivity index (χ4v) is 15.5. The Balaban J connectivity index is 0.00000456. The molecule has 2 atom stereocenters. The summed E-state index contributed by atoms with van der Waals surface area (Å²) in [5.74, 6) is 0.408. The van der Waals surface area contributed by atoms with Crippen molar-refractivity contribution >= 4 is 61.7 Å². The van der Waals surface area contributed by atoms with Crippen LogP contribution in [0.3, 0.4) is 0 Å². The summed E-state index contributed by atoms with van der Waals surface area (Å²) in [7, 11) is -1.15. The second-order valence-corrected chi connectivity index (χ2v) is 20.2. The van der Waals surface area contributed by atoms with Crippen LogP contribution in [0.1, 0.15) is 40.0 Å². The Bertz CT molecular complexity index is 3460. The number of para-hydroxylation sites is 4. The van der Waals surface area contributed by atoms with Crippen LogP contribution < -0.4 is 20.7 Å². The molecule has 0 amide bonds. The van der Waals surface area contributed by atoms with Gasteiger partial charge < -0.3 is 9.13 Å². The summed E-state index contributed by atoms with van der Waals surface area (Å²) in [5, 5.41) is 7.38. The van der Waals surface area contributed by atoms with Gasteiger partial charge in [0, 0.05) is 35.6 Å². The third-order valence-electron chi connectivity index (χ3n) is 13.1. The molecule has 0 bridgehead atoms. The predicted molar refractivity (Wildman–Crippen MR) is 256 cm³/mol. The van der Waals surface area contributed by atoms with Crippen molar-refractivity contribution in [3.63, 3.8) is 0 Å². The molecule has 0 spiro atoms. The number of aromatic nitrogens is 4. The third-order valence-corrected chi connectivity index (χ3v) is 17.9. The van der Waals surface area contributed by atoms with E-state index in [4.69, 9.17) is 9.97 Å². The molecule has 0 radical (unpaired) electrons. The smallest absolute Gasteiger partial charge is 0.367 e. The molecule has 0 fully saturated rings. The van der Waals surface area contributed by atoms with Gasteiger partial charge in [-0.15, -0.1) is 46.1 Å². The molecule has 64 heavy (non-hydrogen) atoms. The van der Waals surface area contributed by atoms with Crippen LogP contribution in [0, 0.1) is 12.1 Å². The molecule has 0 saturated heterocycles. The van der Waals surface area contributed by atoms with E-state index in [2.05, 4.69) is 162 Å². The monoisotopic (exact) mass is 932 g/mol. The molecular weight excluding hydrogens is 894 g/mol. The molecule has 4 nitrogen and oxygen atoms in total. The quantitative estimate of drug-likeness (QED) is 0.118. The normalized spacial score (nSPS) is 14.5. The first-order chi connectivity index (χ1) is 31.1. The minimum atomic E-state index is -3.15. The second-order valence-electron chi connectivity index (χ2n) is 16.4. The van der Waals surface area contributed by atoms with E-state index in [0.717, 1.165) is 56.0 Å². The van der Waals surface area contributed by atoms with Gasteiger partial charge in [-0.2, -0.15) is 18.2 Å². The zero-order valence-electron chi connectivity index (χ0n) is 34.8. The Kier molecular flexibility index (Phi) is 9.93. The van der Waals surface area contributed by atoms with Crippen LogP contribution >= 0.6 is 0 Å². The van der Waals surface area contributed by atoms with E-state index in [1.807, 2.05) is 72.4 Å². The molecule has 2 unspecified atom stereocenters. The molecule has 7 heteroatoms. The van der Waals surface area contributed by atoms with Gasteiger partial charge >= 0.3 is 20.4 Å². The number of alkyl halides is 1. The molecule has 1 aliphatic rings. The Morgan fingerprint density at radius 2 is 1.23 bits per heavy atom. The number of fused-ring (bicyclic) bond motifs is 6. The molecule has 3 aromatic heterocycles. The average Bonchev–Trinajstić information content (AvgIpc) is 3.87. The largest absolute Gasteiger partial charge is 2.00 e. The second kappa shape index (κ2) is 16.0. The number of imidazole rings is 1. The van der Waals surface area contributed by atoms with Crippen molar-refractivity contribution in [2.75, 3.05) is 0 Å². The summed E-state index contributed by atoms with van der Waals surface area (Å²) in [6.07, 6.45) is 0.369. The molecule has 0 saturated carbocycles. The van der Waals surface area contributed by atoms with Crippen molar-refractivity contribution in [1.82, 2.24) is 19.1 Å². The maximum atomic E-state index is 17.6. The van der Waals surface area contributed by atoms with E-state index in [0.29, 0.717) is 11.1 Å². The first-order valence-electron chi connectivity index (χ1n) is 21.4. The van der Waals surface area contributed by atoms with E-state index < -0.39 is 14.2 Å². The Morgan fingerprint density at radius 1 is 0.578 bits per heavy atom. The van der Waals surface area contributed by atoms with Crippen LogP contribution in [-0.2, 0) is 27.5 Å². The fourth-order valence-electron chi connectivity index (χ4n) is 10.3. The molecule has 4 heterocycles. The molecule has 0 N–H and O–H groups in total. The zero-order valence-corrected chi connectivity index (χ0v) is 37.3. The number of hydrogen-bond donors (Lipinski definition) is 0. The van der Waals surface area contributed by atoms with Crippen LogP contribution in [0.15, 0.2) is 206 Å². The number of benzene rings is 8. The molecule has 0 aliphatic carbocycles. The molecular formula is C57H39FN4PdSi. The van der Waals surface area contributed by atoms with Crippen molar-refractivity contribution in [3.05, 3.63) is 246 Å². The average molecular weight is 933 g/mol. The predicted octanol–water partition coefficient (Wildman–Crippen LogP) is 10.3. The zero-order chi connectivity index (χ0) is 42.1. The molecule has 308 valence electrons. The van der Waals surface area contributed by atoms with Gasteiger partial charge in [0.05, 0.1) is 33.6 Å². The Hall–Kier alpha value is -7.01. The Morgan fingerprint density at radius 3 is 1.95 bits per heavy atom. The maximum Gasteiger partial charge on any atom is 2.00 e. The number of pyridine rings is 1. The minimum Gasteiger partial charge on any atom is -0.367 e. The summed E-state index contributed by atoms with van der Waals surface area (Å²) in [4.78, 5) is 9.99. The summed E-state index contributed by atoms with van der Waals surface area (Å²) in [5.41, 5.74) is 9.89. The van der Waals surface area contributed by atoms with E-state index in [9.17, 15) is 0 Å². The number of rotatable bonds is 7. The van der Waals surface area contributed by atoms with Crippen molar-refractivity contribution < 1.29 is 24.8 Å². The number of nitrogens with zero attached hydrogens (tertiary/aromatic N) is 4. The van der Waals surface area contributed by atoms with Crippen LogP contribution in [0.2, 0.25) is 0 Å². The first-order valence-corrected chi connectivity index (χ1v) is 23.4. The van der Waals surface area contributed by atoms with Gasteiger partial charge in [-0.25, -0.2) is 4.39 Å². The van der Waals surface area contributed by atoms with Gasteiger partial charge in [0.15, 0.2) is 0 Å². The van der Waals surface area contributed by atoms with Gasteiger partial charge in [-0.1, -0.05) is 142 Å². The molecule has 1 aliphatic heterocycles. The van der Waals surface area contributed by atoms with Gasteiger partial charge in [0.2, 0.25) is 0 Å². The van der Waals surface area contributed by atoms with Gasteiger partial charge in [-0.3, -0.25) is 9.97 Å². The third kappa shape index (κ3) is 6.11. The van der Waals surface area contributed by atoms with Crippen molar-refractivity contribution in [1.29, 1.82) is 0 Å². The standard InChI is InChI=1S/C57H39FN4Si.Pd/c1-61-51-30-14-12-27-48(51)60-57(61)40-19-17-18-38(34-40)56(58)39-31-32-53-46(35-39)55(49-28-15-16-33-59-49)47-36-52-45(44-26-11-13-29-50(44)62(52)41-20-5-2-6-21-41)37-54(47)63(53,42-22-7-3-8-23-42)43-24-9-4-10-25-43;/h2-33,36-37,55-56H,1H3;/q-2;+2. The van der Waals surface area contributed by atoms with Gasteiger partial charge in [-0.05, 0) is 54.1 Å². The van der Waals surface area contributed by atoms with Crippen LogP contribution in [-0.4, -0.2) is 27.2 Å². The first kappa shape index (κ1) is 39.8. The van der Waals surface area contributed by atoms with E-state index in [1.54, 1.807) is 0 Å². The van der Waals surface area contributed by atoms with Gasteiger partial charge in [0.1, 0.15) is 14.2 Å². The summed E-state index contributed by atoms with van der Waals surface area (Å²) < 4.78 is 22.0. The number of halogens is 1. The molecule has 8 aromatic carbocycles. The van der Waals surface area contributed by atoms with Crippen molar-refractivity contribution in [3.8, 4) is 17.1 Å². The van der Waals surface area contributed by atoms with Crippen LogP contribution in [0.4, 0.5) is 4.39 Å².